The molecule has 8 heteroatoms. The van der Waals surface area contributed by atoms with Crippen molar-refractivity contribution in [2.45, 2.75) is 46.2 Å². The predicted molar refractivity (Wildman–Crippen MR) is 139 cm³/mol. The fraction of sp³-hybridized carbons (Fsp3) is 0.280. The molecular formula is C25H26N4O2S2. The number of aryl methyl sites for hydroxylation is 1. The Bertz CT molecular complexity index is 1320. The van der Waals surface area contributed by atoms with Gasteiger partial charge in [-0.3, -0.25) is 18.9 Å². The number of thiocarbonyl (C=S) groups is 1. The number of rotatable bonds is 6. The van der Waals surface area contributed by atoms with Crippen LogP contribution >= 0.6 is 24.0 Å². The van der Waals surface area contributed by atoms with E-state index in [9.17, 15) is 9.59 Å². The van der Waals surface area contributed by atoms with E-state index in [1.165, 1.54) is 16.2 Å². The lowest BCUT2D eigenvalue weighted by Crippen LogP contribution is -2.36. The number of fused-ring (bicyclic) bond motifs is 1. The molecule has 0 radical (unpaired) electrons. The second-order valence-corrected chi connectivity index (χ2v) is 9.88. The molecule has 1 aliphatic rings. The number of carbonyl (C=O) groups excluding carboxylic acids is 1. The van der Waals surface area contributed by atoms with Gasteiger partial charge < -0.3 is 5.32 Å². The summed E-state index contributed by atoms with van der Waals surface area (Å²) in [5.41, 5.74) is 2.65. The number of thioether (sulfide) groups is 1. The summed E-state index contributed by atoms with van der Waals surface area (Å²) < 4.78 is 2.03. The number of hydrogen-bond donors (Lipinski definition) is 1. The van der Waals surface area contributed by atoms with Gasteiger partial charge >= 0.3 is 0 Å². The summed E-state index contributed by atoms with van der Waals surface area (Å²) >= 11 is 6.69. The van der Waals surface area contributed by atoms with E-state index in [4.69, 9.17) is 17.2 Å². The van der Waals surface area contributed by atoms with Crippen LogP contribution in [0.4, 0.5) is 5.82 Å². The molecular weight excluding hydrogens is 452 g/mol. The minimum Gasteiger partial charge on any atom is -0.363 e. The van der Waals surface area contributed by atoms with Gasteiger partial charge in [-0.1, -0.05) is 67.3 Å². The molecule has 170 valence electrons. The maximum absolute atomic E-state index is 13.5. The molecule has 3 heterocycles. The molecule has 3 aromatic rings. The Hall–Kier alpha value is -2.97. The number of amides is 1. The van der Waals surface area contributed by atoms with E-state index in [-0.39, 0.29) is 23.6 Å². The van der Waals surface area contributed by atoms with Crippen LogP contribution < -0.4 is 10.9 Å². The highest BCUT2D eigenvalue weighted by atomic mass is 32.2. The smallest absolute Gasteiger partial charge is 0.267 e. The summed E-state index contributed by atoms with van der Waals surface area (Å²) in [4.78, 5) is 33.4. The Balaban J connectivity index is 1.84. The number of aromatic nitrogens is 2. The van der Waals surface area contributed by atoms with Gasteiger partial charge in [0.2, 0.25) is 0 Å². The van der Waals surface area contributed by atoms with Crippen molar-refractivity contribution in [3.8, 4) is 0 Å². The molecule has 0 aliphatic carbocycles. The molecule has 0 unspecified atom stereocenters. The predicted octanol–water partition coefficient (Wildman–Crippen LogP) is 5.18. The lowest BCUT2D eigenvalue weighted by molar-refractivity contribution is -0.123. The Morgan fingerprint density at radius 3 is 2.58 bits per heavy atom. The summed E-state index contributed by atoms with van der Waals surface area (Å²) in [6.07, 6.45) is 4.18. The number of nitrogens with one attached hydrogen (secondary N) is 1. The Kier molecular flexibility index (Phi) is 6.67. The summed E-state index contributed by atoms with van der Waals surface area (Å²) in [5, 5.41) is 3.38. The molecule has 0 saturated carbocycles. The molecule has 2 aromatic heterocycles. The normalized spacial score (nSPS) is 17.1. The first kappa shape index (κ1) is 23.2. The van der Waals surface area contributed by atoms with Gasteiger partial charge in [-0.05, 0) is 50.5 Å². The molecule has 2 atom stereocenters. The van der Waals surface area contributed by atoms with Crippen molar-refractivity contribution in [3.05, 3.63) is 80.6 Å². The maximum Gasteiger partial charge on any atom is 0.267 e. The number of carbonyl (C=O) groups is 1. The molecule has 0 spiro atoms. The lowest BCUT2D eigenvalue weighted by Gasteiger charge is -2.21. The van der Waals surface area contributed by atoms with Crippen molar-refractivity contribution in [1.82, 2.24) is 14.3 Å². The van der Waals surface area contributed by atoms with Crippen molar-refractivity contribution in [3.63, 3.8) is 0 Å². The van der Waals surface area contributed by atoms with Crippen LogP contribution in [0.5, 0.6) is 0 Å². The minimum absolute atomic E-state index is 0.00225. The molecule has 1 fully saturated rings. The van der Waals surface area contributed by atoms with Gasteiger partial charge in [-0.15, -0.1) is 0 Å². The summed E-state index contributed by atoms with van der Waals surface area (Å²) in [6.45, 7) is 7.92. The molecule has 1 aromatic carbocycles. The lowest BCUT2D eigenvalue weighted by atomic mass is 10.1. The zero-order valence-corrected chi connectivity index (χ0v) is 20.7. The molecule has 1 saturated heterocycles. The van der Waals surface area contributed by atoms with Crippen LogP contribution in [0.15, 0.2) is 58.4 Å². The fourth-order valence-corrected chi connectivity index (χ4v) is 5.15. The number of hydrogen-bond acceptors (Lipinski definition) is 6. The van der Waals surface area contributed by atoms with Crippen LogP contribution in [0.3, 0.4) is 0 Å². The van der Waals surface area contributed by atoms with E-state index < -0.39 is 0 Å². The monoisotopic (exact) mass is 478 g/mol. The van der Waals surface area contributed by atoms with Crippen molar-refractivity contribution in [2.75, 3.05) is 5.32 Å². The van der Waals surface area contributed by atoms with E-state index in [0.717, 1.165) is 17.5 Å². The van der Waals surface area contributed by atoms with Crippen molar-refractivity contribution >= 4 is 51.7 Å². The van der Waals surface area contributed by atoms with Gasteiger partial charge in [0.25, 0.3) is 11.5 Å². The first-order chi connectivity index (χ1) is 15.8. The van der Waals surface area contributed by atoms with Crippen molar-refractivity contribution in [2.24, 2.45) is 0 Å². The zero-order chi connectivity index (χ0) is 23.7. The molecule has 1 aliphatic heterocycles. The van der Waals surface area contributed by atoms with Crippen LogP contribution in [0.2, 0.25) is 0 Å². The van der Waals surface area contributed by atoms with E-state index in [0.29, 0.717) is 26.3 Å². The van der Waals surface area contributed by atoms with E-state index in [1.54, 1.807) is 17.2 Å². The highest BCUT2D eigenvalue weighted by Crippen LogP contribution is 2.35. The fourth-order valence-electron chi connectivity index (χ4n) is 3.70. The second-order valence-electron chi connectivity index (χ2n) is 8.20. The van der Waals surface area contributed by atoms with Crippen LogP contribution in [0.25, 0.3) is 11.7 Å². The molecule has 1 amide bonds. The highest BCUT2D eigenvalue weighted by Gasteiger charge is 2.35. The maximum atomic E-state index is 13.5. The third-order valence-electron chi connectivity index (χ3n) is 5.79. The summed E-state index contributed by atoms with van der Waals surface area (Å²) in [7, 11) is 0. The van der Waals surface area contributed by atoms with Gasteiger partial charge in [0, 0.05) is 18.3 Å². The molecule has 4 rings (SSSR count). The summed E-state index contributed by atoms with van der Waals surface area (Å²) in [6, 6.07) is 13.6. The molecule has 33 heavy (non-hydrogen) atoms. The zero-order valence-electron chi connectivity index (χ0n) is 19.0. The molecule has 6 nitrogen and oxygen atoms in total. The van der Waals surface area contributed by atoms with E-state index in [1.807, 2.05) is 70.2 Å². The van der Waals surface area contributed by atoms with Crippen LogP contribution in [-0.4, -0.2) is 30.6 Å². The van der Waals surface area contributed by atoms with Gasteiger partial charge in [0.1, 0.15) is 15.8 Å². The number of benzene rings is 1. The van der Waals surface area contributed by atoms with E-state index in [2.05, 4.69) is 5.32 Å². The van der Waals surface area contributed by atoms with Gasteiger partial charge in [0.15, 0.2) is 0 Å². The Morgan fingerprint density at radius 1 is 1.15 bits per heavy atom. The average Bonchev–Trinajstić information content (AvgIpc) is 3.09. The third-order valence-corrected chi connectivity index (χ3v) is 7.12. The first-order valence-electron chi connectivity index (χ1n) is 10.9. The molecule has 1 N–H and O–H groups in total. The van der Waals surface area contributed by atoms with Crippen molar-refractivity contribution < 1.29 is 4.79 Å². The third kappa shape index (κ3) is 4.58. The van der Waals surface area contributed by atoms with Gasteiger partial charge in [0.05, 0.1) is 10.5 Å². The van der Waals surface area contributed by atoms with Gasteiger partial charge in [-0.2, -0.15) is 0 Å². The van der Waals surface area contributed by atoms with Crippen LogP contribution in [0, 0.1) is 6.92 Å². The average molecular weight is 479 g/mol. The largest absolute Gasteiger partial charge is 0.363 e. The first-order valence-corrected chi connectivity index (χ1v) is 12.1. The topological polar surface area (TPSA) is 66.7 Å². The van der Waals surface area contributed by atoms with Crippen molar-refractivity contribution in [1.29, 1.82) is 0 Å². The van der Waals surface area contributed by atoms with E-state index >= 15 is 0 Å². The van der Waals surface area contributed by atoms with Crippen LogP contribution in [0.1, 0.15) is 49.9 Å². The number of pyridine rings is 1. The number of anilines is 1. The van der Waals surface area contributed by atoms with Crippen LogP contribution in [-0.2, 0) is 4.79 Å². The van der Waals surface area contributed by atoms with Gasteiger partial charge in [-0.25, -0.2) is 4.98 Å². The standard InChI is InChI=1S/C25H26N4O2S2/c1-5-16(3)29-24(31)20(33-25(29)32)13-19-22(26-17(4)18-9-7-6-8-10-18)27-21-12-11-15(2)14-28(21)23(19)30/h6-14,16-17,26H,5H2,1-4H3/b20-13-/t16-,17+/m0/s1. The summed E-state index contributed by atoms with van der Waals surface area (Å²) in [5.74, 6) is 0.268. The highest BCUT2D eigenvalue weighted by molar-refractivity contribution is 8.26. The Labute approximate surface area is 202 Å². The number of nitrogens with zero attached hydrogens (tertiary/aromatic N) is 3. The quantitative estimate of drug-likeness (QED) is 0.389. The Morgan fingerprint density at radius 2 is 1.88 bits per heavy atom. The SMILES string of the molecule is CC[C@H](C)N1C(=O)/C(=C/c2c(N[C@H](C)c3ccccc3)nc3ccc(C)cn3c2=O)SC1=S. The second kappa shape index (κ2) is 9.49. The molecule has 0 bridgehead atoms. The minimum atomic E-state index is -0.236.